The molecular formula is C13H17N3O. The van der Waals surface area contributed by atoms with E-state index in [0.717, 1.165) is 5.69 Å². The Labute approximate surface area is 102 Å². The molecule has 0 saturated carbocycles. The fraction of sp³-hybridized carbons (Fsp3) is 0.385. The van der Waals surface area contributed by atoms with Gasteiger partial charge in [0.15, 0.2) is 0 Å². The van der Waals surface area contributed by atoms with Crippen molar-refractivity contribution >= 4 is 11.8 Å². The topological polar surface area (TPSA) is 54.0 Å². The van der Waals surface area contributed by atoms with E-state index < -0.39 is 5.54 Å². The fourth-order valence-electron chi connectivity index (χ4n) is 1.24. The number of hydrogen-bond acceptors (Lipinski definition) is 2. The first-order valence-corrected chi connectivity index (χ1v) is 5.49. The third-order valence-electron chi connectivity index (χ3n) is 2.55. The Kier molecular flexibility index (Phi) is 4.11. The van der Waals surface area contributed by atoms with E-state index in [-0.39, 0.29) is 6.03 Å². The van der Waals surface area contributed by atoms with Gasteiger partial charge in [-0.2, -0.15) is 0 Å². The second kappa shape index (κ2) is 5.35. The molecule has 0 aliphatic carbocycles. The van der Waals surface area contributed by atoms with Crippen molar-refractivity contribution in [2.45, 2.75) is 32.7 Å². The molecule has 90 valence electrons. The molecule has 0 bridgehead atoms. The Bertz CT molecular complexity index is 450. The van der Waals surface area contributed by atoms with Gasteiger partial charge in [0, 0.05) is 5.69 Å². The maximum atomic E-state index is 11.7. The lowest BCUT2D eigenvalue weighted by molar-refractivity contribution is 0.245. The molecule has 1 rings (SSSR count). The lowest BCUT2D eigenvalue weighted by Crippen LogP contribution is -2.46. The first-order valence-electron chi connectivity index (χ1n) is 5.49. The summed E-state index contributed by atoms with van der Waals surface area (Å²) in [5.74, 6) is 3.08. The van der Waals surface area contributed by atoms with Crippen LogP contribution in [0.2, 0.25) is 0 Å². The minimum atomic E-state index is -0.631. The van der Waals surface area contributed by atoms with Crippen LogP contribution >= 0.6 is 0 Å². The van der Waals surface area contributed by atoms with Gasteiger partial charge < -0.3 is 5.32 Å². The Morgan fingerprint density at radius 3 is 2.82 bits per heavy atom. The van der Waals surface area contributed by atoms with E-state index >= 15 is 0 Å². The lowest BCUT2D eigenvalue weighted by atomic mass is 10.0. The van der Waals surface area contributed by atoms with Crippen LogP contribution in [0.5, 0.6) is 0 Å². The molecule has 1 aromatic rings. The number of aryl methyl sites for hydroxylation is 1. The van der Waals surface area contributed by atoms with Crippen LogP contribution in [0, 0.1) is 19.3 Å². The number of nitrogens with zero attached hydrogens (tertiary/aromatic N) is 1. The summed E-state index contributed by atoms with van der Waals surface area (Å²) in [7, 11) is 0. The summed E-state index contributed by atoms with van der Waals surface area (Å²) in [6.07, 6.45) is 6.04. The number of urea groups is 1. The van der Waals surface area contributed by atoms with Gasteiger partial charge in [-0.3, -0.25) is 5.32 Å². The number of aromatic nitrogens is 1. The molecule has 0 spiro atoms. The zero-order chi connectivity index (χ0) is 12.9. The number of terminal acetylenes is 1. The molecule has 0 aliphatic rings. The largest absolute Gasteiger partial charge is 0.322 e. The average Bonchev–Trinajstić information content (AvgIpc) is 2.28. The van der Waals surface area contributed by atoms with E-state index in [1.54, 1.807) is 13.0 Å². The molecule has 17 heavy (non-hydrogen) atoms. The van der Waals surface area contributed by atoms with E-state index in [9.17, 15) is 4.79 Å². The van der Waals surface area contributed by atoms with E-state index in [1.807, 2.05) is 26.0 Å². The van der Waals surface area contributed by atoms with E-state index in [2.05, 4.69) is 21.5 Å². The van der Waals surface area contributed by atoms with Crippen LogP contribution < -0.4 is 10.6 Å². The minimum absolute atomic E-state index is 0.342. The molecule has 1 heterocycles. The predicted octanol–water partition coefficient (Wildman–Crippen LogP) is 2.31. The summed E-state index contributed by atoms with van der Waals surface area (Å²) in [5.41, 5.74) is 0.214. The second-order valence-corrected chi connectivity index (χ2v) is 4.07. The molecule has 0 saturated heterocycles. The van der Waals surface area contributed by atoms with Crippen molar-refractivity contribution in [3.63, 3.8) is 0 Å². The predicted molar refractivity (Wildman–Crippen MR) is 68.7 cm³/mol. The van der Waals surface area contributed by atoms with Crippen LogP contribution in [0.25, 0.3) is 0 Å². The van der Waals surface area contributed by atoms with E-state index in [4.69, 9.17) is 6.42 Å². The van der Waals surface area contributed by atoms with Crippen LogP contribution in [-0.4, -0.2) is 16.6 Å². The summed E-state index contributed by atoms with van der Waals surface area (Å²) in [6, 6.07) is 5.08. The van der Waals surface area contributed by atoms with Crippen molar-refractivity contribution in [2.75, 3.05) is 5.32 Å². The Morgan fingerprint density at radius 2 is 2.29 bits per heavy atom. The molecule has 0 unspecified atom stereocenters. The number of hydrogen-bond donors (Lipinski definition) is 2. The zero-order valence-corrected chi connectivity index (χ0v) is 10.4. The summed E-state index contributed by atoms with van der Waals surface area (Å²) in [6.45, 7) is 5.59. The molecule has 4 nitrogen and oxygen atoms in total. The SMILES string of the molecule is C#C[C@](C)(CC)NC(=O)Nc1cccc(C)n1. The smallest absolute Gasteiger partial charge is 0.321 e. The van der Waals surface area contributed by atoms with E-state index in [1.165, 1.54) is 0 Å². The molecule has 0 aliphatic heterocycles. The maximum absolute atomic E-state index is 11.7. The molecule has 2 amide bonds. The highest BCUT2D eigenvalue weighted by Crippen LogP contribution is 2.08. The van der Waals surface area contributed by atoms with Crippen molar-refractivity contribution in [1.82, 2.24) is 10.3 Å². The van der Waals surface area contributed by atoms with Crippen LogP contribution in [0.3, 0.4) is 0 Å². The Morgan fingerprint density at radius 1 is 1.59 bits per heavy atom. The molecule has 4 heteroatoms. The third kappa shape index (κ3) is 3.80. The highest BCUT2D eigenvalue weighted by molar-refractivity contribution is 5.89. The van der Waals surface area contributed by atoms with Gasteiger partial charge in [0.2, 0.25) is 0 Å². The highest BCUT2D eigenvalue weighted by Gasteiger charge is 2.21. The van der Waals surface area contributed by atoms with Gasteiger partial charge in [0.25, 0.3) is 0 Å². The molecule has 0 fully saturated rings. The number of nitrogens with one attached hydrogen (secondary N) is 2. The van der Waals surface area contributed by atoms with Crippen LogP contribution in [0.1, 0.15) is 26.0 Å². The van der Waals surface area contributed by atoms with Gasteiger partial charge in [0.1, 0.15) is 5.82 Å². The van der Waals surface area contributed by atoms with Gasteiger partial charge in [-0.25, -0.2) is 9.78 Å². The molecular weight excluding hydrogens is 214 g/mol. The number of carbonyl (C=O) groups is 1. The van der Waals surface area contributed by atoms with Crippen LogP contribution in [0.15, 0.2) is 18.2 Å². The zero-order valence-electron chi connectivity index (χ0n) is 10.4. The molecule has 2 N–H and O–H groups in total. The normalized spacial score (nSPS) is 13.3. The number of pyridine rings is 1. The monoisotopic (exact) mass is 231 g/mol. The van der Waals surface area contributed by atoms with Gasteiger partial charge in [-0.1, -0.05) is 18.9 Å². The van der Waals surface area contributed by atoms with Crippen molar-refractivity contribution in [3.05, 3.63) is 23.9 Å². The maximum Gasteiger partial charge on any atom is 0.321 e. The van der Waals surface area contributed by atoms with Crippen LogP contribution in [-0.2, 0) is 0 Å². The summed E-state index contributed by atoms with van der Waals surface area (Å²) >= 11 is 0. The van der Waals surface area contributed by atoms with Crippen molar-refractivity contribution in [1.29, 1.82) is 0 Å². The highest BCUT2D eigenvalue weighted by atomic mass is 16.2. The third-order valence-corrected chi connectivity index (χ3v) is 2.55. The number of rotatable bonds is 3. The molecule has 0 radical (unpaired) electrons. The fourth-order valence-corrected chi connectivity index (χ4v) is 1.24. The van der Waals surface area contributed by atoms with Gasteiger partial charge in [-0.15, -0.1) is 6.42 Å². The van der Waals surface area contributed by atoms with Crippen molar-refractivity contribution in [2.24, 2.45) is 0 Å². The van der Waals surface area contributed by atoms with Crippen LogP contribution in [0.4, 0.5) is 10.6 Å². The quantitative estimate of drug-likeness (QED) is 0.784. The minimum Gasteiger partial charge on any atom is -0.322 e. The van der Waals surface area contributed by atoms with Gasteiger partial charge in [0.05, 0.1) is 5.54 Å². The van der Waals surface area contributed by atoms with E-state index in [0.29, 0.717) is 12.2 Å². The number of anilines is 1. The lowest BCUT2D eigenvalue weighted by Gasteiger charge is -2.23. The first-order chi connectivity index (χ1) is 7.99. The Hall–Kier alpha value is -2.02. The summed E-state index contributed by atoms with van der Waals surface area (Å²) < 4.78 is 0. The number of carbonyl (C=O) groups excluding carboxylic acids is 1. The first kappa shape index (κ1) is 13.0. The summed E-state index contributed by atoms with van der Waals surface area (Å²) in [5, 5.41) is 5.38. The van der Waals surface area contributed by atoms with Gasteiger partial charge >= 0.3 is 6.03 Å². The van der Waals surface area contributed by atoms with Gasteiger partial charge in [-0.05, 0) is 32.4 Å². The average molecular weight is 231 g/mol. The molecule has 0 aromatic carbocycles. The van der Waals surface area contributed by atoms with Crippen molar-refractivity contribution < 1.29 is 4.79 Å². The Balaban J connectivity index is 2.65. The molecule has 1 aromatic heterocycles. The molecule has 1 atom stereocenters. The van der Waals surface area contributed by atoms with Crippen molar-refractivity contribution in [3.8, 4) is 12.3 Å². The number of amides is 2. The summed E-state index contributed by atoms with van der Waals surface area (Å²) in [4.78, 5) is 15.9. The second-order valence-electron chi connectivity index (χ2n) is 4.07. The standard InChI is InChI=1S/C13H17N3O/c1-5-13(4,6-2)16-12(17)15-11-9-7-8-10(3)14-11/h1,7-9H,6H2,2-4H3,(H2,14,15,16,17)/t13-/m1/s1.